The summed E-state index contributed by atoms with van der Waals surface area (Å²) in [7, 11) is 0. The molecule has 5 aliphatic heterocycles. The lowest BCUT2D eigenvalue weighted by Gasteiger charge is -2.65. The minimum atomic E-state index is -1.15. The van der Waals surface area contributed by atoms with Crippen molar-refractivity contribution in [1.29, 1.82) is 0 Å². The second-order valence-corrected chi connectivity index (χ2v) is 12.4. The number of cyclic esters (lactones) is 2. The molecule has 0 aromatic carbocycles. The highest BCUT2D eigenvalue weighted by Crippen LogP contribution is 2.74. The van der Waals surface area contributed by atoms with E-state index in [9.17, 15) is 19.5 Å². The smallest absolute Gasteiger partial charge is 0.330 e. The van der Waals surface area contributed by atoms with Crippen LogP contribution in [0.5, 0.6) is 0 Å². The van der Waals surface area contributed by atoms with Crippen molar-refractivity contribution < 1.29 is 33.7 Å². The molecule has 5 heterocycles. The number of carbonyl (C=O) groups is 3. The van der Waals surface area contributed by atoms with E-state index in [1.807, 2.05) is 26.8 Å². The number of aliphatic hydroxyl groups excluding tert-OH is 1. The Labute approximate surface area is 187 Å². The lowest BCUT2D eigenvalue weighted by Crippen LogP contribution is -2.73. The van der Waals surface area contributed by atoms with Gasteiger partial charge in [-0.25, -0.2) is 4.79 Å². The van der Waals surface area contributed by atoms with E-state index in [1.165, 1.54) is 6.08 Å². The van der Waals surface area contributed by atoms with Gasteiger partial charge in [0.25, 0.3) is 0 Å². The number of fused-ring (bicyclic) bond motifs is 1. The van der Waals surface area contributed by atoms with Gasteiger partial charge in [-0.2, -0.15) is 0 Å². The van der Waals surface area contributed by atoms with Gasteiger partial charge in [-0.15, -0.1) is 0 Å². The molecule has 9 atom stereocenters. The molecule has 2 spiro atoms. The minimum absolute atomic E-state index is 0.00340. The molecule has 3 saturated carbocycles. The van der Waals surface area contributed by atoms with Gasteiger partial charge >= 0.3 is 11.9 Å². The average Bonchev–Trinajstić information content (AvgIpc) is 2.87. The fraction of sp³-hybridized carbons (Fsp3) is 0.800. The third-order valence-electron chi connectivity index (χ3n) is 10.5. The molecule has 0 aromatic heterocycles. The molecular weight excluding hydrogens is 412 g/mol. The Bertz CT molecular complexity index is 1000. The zero-order valence-corrected chi connectivity index (χ0v) is 19.4. The summed E-state index contributed by atoms with van der Waals surface area (Å²) in [6, 6.07) is 0. The Morgan fingerprint density at radius 3 is 2.50 bits per heavy atom. The van der Waals surface area contributed by atoms with Crippen molar-refractivity contribution in [1.82, 2.24) is 0 Å². The minimum Gasteiger partial charge on any atom is -0.462 e. The molecular formula is C25H32O7. The van der Waals surface area contributed by atoms with E-state index in [-0.39, 0.29) is 30.2 Å². The molecule has 3 aliphatic carbocycles. The van der Waals surface area contributed by atoms with Crippen molar-refractivity contribution in [3.05, 3.63) is 12.2 Å². The van der Waals surface area contributed by atoms with Gasteiger partial charge in [-0.1, -0.05) is 13.0 Å². The summed E-state index contributed by atoms with van der Waals surface area (Å²) in [4.78, 5) is 39.3. The van der Waals surface area contributed by atoms with E-state index in [2.05, 4.69) is 6.92 Å². The quantitative estimate of drug-likeness (QED) is 0.573. The zero-order valence-electron chi connectivity index (χ0n) is 19.4. The fourth-order valence-electron chi connectivity index (χ4n) is 9.21. The highest BCUT2D eigenvalue weighted by molar-refractivity contribution is 5.97. The lowest BCUT2D eigenvalue weighted by molar-refractivity contribution is -0.304. The Morgan fingerprint density at radius 2 is 1.78 bits per heavy atom. The van der Waals surface area contributed by atoms with Gasteiger partial charge in [-0.3, -0.25) is 9.59 Å². The van der Waals surface area contributed by atoms with Crippen LogP contribution in [0, 0.1) is 34.0 Å². The molecule has 8 rings (SSSR count). The van der Waals surface area contributed by atoms with Crippen molar-refractivity contribution in [3.63, 3.8) is 0 Å². The molecule has 0 radical (unpaired) electrons. The zero-order chi connectivity index (χ0) is 23.1. The van der Waals surface area contributed by atoms with E-state index in [0.717, 1.165) is 6.42 Å². The molecule has 174 valence electrons. The summed E-state index contributed by atoms with van der Waals surface area (Å²) >= 11 is 0. The number of hydrogen-bond acceptors (Lipinski definition) is 7. The third-order valence-corrected chi connectivity index (χ3v) is 10.5. The molecule has 0 amide bonds. The molecule has 1 N–H and O–H groups in total. The monoisotopic (exact) mass is 444 g/mol. The van der Waals surface area contributed by atoms with Gasteiger partial charge in [0.2, 0.25) is 0 Å². The summed E-state index contributed by atoms with van der Waals surface area (Å²) in [5, 5.41) is 11.4. The van der Waals surface area contributed by atoms with Gasteiger partial charge < -0.3 is 19.3 Å². The number of rotatable bonds is 0. The van der Waals surface area contributed by atoms with Crippen molar-refractivity contribution in [2.75, 3.05) is 6.61 Å². The number of ether oxygens (including phenoxy) is 3. The summed E-state index contributed by atoms with van der Waals surface area (Å²) in [5.74, 6) is -1.71. The predicted molar refractivity (Wildman–Crippen MR) is 111 cm³/mol. The number of carbonyl (C=O) groups excluding carboxylic acids is 3. The van der Waals surface area contributed by atoms with Gasteiger partial charge in [0.05, 0.1) is 22.5 Å². The van der Waals surface area contributed by atoms with Crippen molar-refractivity contribution in [2.24, 2.45) is 34.0 Å². The van der Waals surface area contributed by atoms with E-state index in [1.54, 1.807) is 6.92 Å². The van der Waals surface area contributed by atoms with Gasteiger partial charge in [0.1, 0.15) is 29.5 Å². The van der Waals surface area contributed by atoms with Crippen LogP contribution in [-0.4, -0.2) is 52.3 Å². The standard InChI is InChI=1S/C25H32O7/c1-20(2)13-6-9-24-11-22(4)17(27)16-18(28)30-12-25(16,32-24)23(5,19(22)29)10-14(24)21(13,3)8-7-15(26)31-20/h7-8,13-14,16-17,27H,6,9-12H2,1-5H3/t13-,14-,16+,17+,21-,22-,23-,24-,25?/m0/s1. The lowest BCUT2D eigenvalue weighted by atomic mass is 9.46. The third kappa shape index (κ3) is 1.97. The van der Waals surface area contributed by atoms with Gasteiger partial charge in [0.15, 0.2) is 0 Å². The highest BCUT2D eigenvalue weighted by atomic mass is 16.6. The van der Waals surface area contributed by atoms with Crippen LogP contribution in [-0.2, 0) is 28.6 Å². The van der Waals surface area contributed by atoms with E-state index in [0.29, 0.717) is 19.3 Å². The topological polar surface area (TPSA) is 99.1 Å². The number of aliphatic hydroxyl groups is 1. The van der Waals surface area contributed by atoms with Crippen molar-refractivity contribution in [3.8, 4) is 0 Å². The van der Waals surface area contributed by atoms with Gasteiger partial charge in [0, 0.05) is 12.0 Å². The molecule has 7 fully saturated rings. The maximum Gasteiger partial charge on any atom is 0.330 e. The largest absolute Gasteiger partial charge is 0.462 e. The fourth-order valence-corrected chi connectivity index (χ4v) is 9.21. The number of hydrogen-bond donors (Lipinski definition) is 1. The van der Waals surface area contributed by atoms with Crippen LogP contribution < -0.4 is 0 Å². The molecule has 8 aliphatic rings. The maximum absolute atomic E-state index is 14.1. The summed E-state index contributed by atoms with van der Waals surface area (Å²) in [6.45, 7) is 9.81. The number of allylic oxidation sites excluding steroid dienone is 1. The van der Waals surface area contributed by atoms with E-state index < -0.39 is 51.0 Å². The number of Topliss-reactive ketones (excluding diaryl/α,β-unsaturated/α-hetero) is 1. The first-order chi connectivity index (χ1) is 14.8. The second-order valence-electron chi connectivity index (χ2n) is 12.4. The maximum atomic E-state index is 14.1. The SMILES string of the molecule is CC1(C)OC(=O)C=C[C@]2(C)[C@@H]3C[C@@]4(C)C(=O)[C@@]5(C)C[C@]3(CC[C@@H]12)OC41COC(=O)[C@H]1[C@H]5O. The van der Waals surface area contributed by atoms with E-state index >= 15 is 0 Å². The Hall–Kier alpha value is -1.73. The summed E-state index contributed by atoms with van der Waals surface area (Å²) in [6.07, 6.45) is 4.71. The first-order valence-electron chi connectivity index (χ1n) is 11.8. The number of esters is 2. The first-order valence-corrected chi connectivity index (χ1v) is 11.8. The van der Waals surface area contributed by atoms with Crippen LogP contribution in [0.3, 0.4) is 0 Å². The van der Waals surface area contributed by atoms with Crippen LogP contribution >= 0.6 is 0 Å². The van der Waals surface area contributed by atoms with E-state index in [4.69, 9.17) is 14.2 Å². The Balaban J connectivity index is 1.59. The second kappa shape index (κ2) is 5.49. The molecule has 32 heavy (non-hydrogen) atoms. The summed E-state index contributed by atoms with van der Waals surface area (Å²) in [5.41, 5.74) is -5.01. The Kier molecular flexibility index (Phi) is 3.58. The normalized spacial score (nSPS) is 57.1. The molecule has 7 heteroatoms. The number of ketones is 1. The highest BCUT2D eigenvalue weighted by Gasteiger charge is 2.84. The van der Waals surface area contributed by atoms with Crippen molar-refractivity contribution in [2.45, 2.75) is 83.2 Å². The van der Waals surface area contributed by atoms with Crippen LogP contribution in [0.2, 0.25) is 0 Å². The molecule has 4 bridgehead atoms. The van der Waals surface area contributed by atoms with Crippen LogP contribution in [0.15, 0.2) is 12.2 Å². The molecule has 1 unspecified atom stereocenters. The van der Waals surface area contributed by atoms with Crippen molar-refractivity contribution >= 4 is 17.7 Å². The van der Waals surface area contributed by atoms with Crippen LogP contribution in [0.1, 0.15) is 60.3 Å². The first kappa shape index (κ1) is 20.8. The van der Waals surface area contributed by atoms with Crippen LogP contribution in [0.4, 0.5) is 0 Å². The molecule has 7 nitrogen and oxygen atoms in total. The molecule has 4 saturated heterocycles. The average molecular weight is 445 g/mol. The predicted octanol–water partition coefficient (Wildman–Crippen LogP) is 2.34. The Morgan fingerprint density at radius 1 is 1.06 bits per heavy atom. The molecule has 0 aromatic rings. The summed E-state index contributed by atoms with van der Waals surface area (Å²) < 4.78 is 18.3. The van der Waals surface area contributed by atoms with Crippen LogP contribution in [0.25, 0.3) is 0 Å². The van der Waals surface area contributed by atoms with Gasteiger partial charge in [-0.05, 0) is 64.7 Å².